The third kappa shape index (κ3) is 1.93. The van der Waals surface area contributed by atoms with Gasteiger partial charge in [-0.1, -0.05) is 54.6 Å². The summed E-state index contributed by atoms with van der Waals surface area (Å²) in [6, 6.07) is 15.2. The number of aryl methyl sites for hydroxylation is 1. The molecular formula is C17H14N2O. The SMILES string of the molecule is C=Cn1nc(C(=O)c2ccc(C)cc2)c2ccccc21. The zero-order chi connectivity index (χ0) is 14.1. The fourth-order valence-electron chi connectivity index (χ4n) is 2.24. The number of carbonyl (C=O) groups excluding carboxylic acids is 1. The van der Waals surface area contributed by atoms with E-state index < -0.39 is 0 Å². The van der Waals surface area contributed by atoms with E-state index in [0.717, 1.165) is 16.5 Å². The van der Waals surface area contributed by atoms with Crippen LogP contribution < -0.4 is 0 Å². The Labute approximate surface area is 117 Å². The van der Waals surface area contributed by atoms with Crippen molar-refractivity contribution < 1.29 is 4.79 Å². The monoisotopic (exact) mass is 262 g/mol. The molecule has 1 heterocycles. The lowest BCUT2D eigenvalue weighted by Crippen LogP contribution is -2.03. The van der Waals surface area contributed by atoms with E-state index in [4.69, 9.17) is 0 Å². The van der Waals surface area contributed by atoms with Gasteiger partial charge in [0, 0.05) is 17.1 Å². The predicted molar refractivity (Wildman–Crippen MR) is 80.7 cm³/mol. The summed E-state index contributed by atoms with van der Waals surface area (Å²) in [5.41, 5.74) is 3.13. The first-order valence-electron chi connectivity index (χ1n) is 6.42. The fourth-order valence-corrected chi connectivity index (χ4v) is 2.24. The molecule has 3 aromatic rings. The smallest absolute Gasteiger partial charge is 0.213 e. The van der Waals surface area contributed by atoms with Crippen molar-refractivity contribution in [2.75, 3.05) is 0 Å². The highest BCUT2D eigenvalue weighted by Crippen LogP contribution is 2.21. The fraction of sp³-hybridized carbons (Fsp3) is 0.0588. The predicted octanol–water partition coefficient (Wildman–Crippen LogP) is 3.68. The molecule has 0 aliphatic rings. The summed E-state index contributed by atoms with van der Waals surface area (Å²) in [5, 5.41) is 5.20. The van der Waals surface area contributed by atoms with Crippen molar-refractivity contribution in [2.45, 2.75) is 6.92 Å². The molecule has 0 atom stereocenters. The summed E-state index contributed by atoms with van der Waals surface area (Å²) >= 11 is 0. The Morgan fingerprint density at radius 3 is 2.55 bits per heavy atom. The van der Waals surface area contributed by atoms with E-state index in [1.807, 2.05) is 55.5 Å². The molecule has 0 radical (unpaired) electrons. The minimum absolute atomic E-state index is 0.0678. The van der Waals surface area contributed by atoms with Crippen molar-refractivity contribution in [3.8, 4) is 0 Å². The van der Waals surface area contributed by atoms with Gasteiger partial charge in [-0.2, -0.15) is 5.10 Å². The Bertz CT molecular complexity index is 797. The average Bonchev–Trinajstić information content (AvgIpc) is 2.86. The second-order valence-corrected chi connectivity index (χ2v) is 4.69. The maximum absolute atomic E-state index is 12.6. The van der Waals surface area contributed by atoms with E-state index >= 15 is 0 Å². The number of ketones is 1. The van der Waals surface area contributed by atoms with Crippen molar-refractivity contribution in [3.63, 3.8) is 0 Å². The van der Waals surface area contributed by atoms with Crippen molar-refractivity contribution >= 4 is 22.9 Å². The number of para-hydroxylation sites is 1. The molecule has 3 heteroatoms. The highest BCUT2D eigenvalue weighted by Gasteiger charge is 2.17. The number of hydrogen-bond donors (Lipinski definition) is 0. The van der Waals surface area contributed by atoms with Gasteiger partial charge in [0.05, 0.1) is 5.52 Å². The second kappa shape index (κ2) is 4.78. The van der Waals surface area contributed by atoms with Gasteiger partial charge in [-0.3, -0.25) is 4.79 Å². The van der Waals surface area contributed by atoms with Crippen molar-refractivity contribution in [1.82, 2.24) is 9.78 Å². The Morgan fingerprint density at radius 2 is 1.85 bits per heavy atom. The van der Waals surface area contributed by atoms with E-state index in [0.29, 0.717) is 11.3 Å². The summed E-state index contributed by atoms with van der Waals surface area (Å²) in [6.45, 7) is 5.72. The largest absolute Gasteiger partial charge is 0.287 e. The van der Waals surface area contributed by atoms with Crippen molar-refractivity contribution in [1.29, 1.82) is 0 Å². The molecule has 0 N–H and O–H groups in total. The summed E-state index contributed by atoms with van der Waals surface area (Å²) in [7, 11) is 0. The van der Waals surface area contributed by atoms with Gasteiger partial charge in [-0.15, -0.1) is 0 Å². The number of fused-ring (bicyclic) bond motifs is 1. The van der Waals surface area contributed by atoms with Gasteiger partial charge in [0.25, 0.3) is 0 Å². The minimum Gasteiger partial charge on any atom is -0.287 e. The second-order valence-electron chi connectivity index (χ2n) is 4.69. The number of aromatic nitrogens is 2. The van der Waals surface area contributed by atoms with Crippen LogP contribution in [0.2, 0.25) is 0 Å². The van der Waals surface area contributed by atoms with Crippen LogP contribution in [0.3, 0.4) is 0 Å². The quantitative estimate of drug-likeness (QED) is 0.675. The molecule has 0 bridgehead atoms. The van der Waals surface area contributed by atoms with Crippen LogP contribution in [0.5, 0.6) is 0 Å². The Kier molecular flexibility index (Phi) is 2.95. The Morgan fingerprint density at radius 1 is 1.15 bits per heavy atom. The molecule has 98 valence electrons. The van der Waals surface area contributed by atoms with Gasteiger partial charge in [0.15, 0.2) is 0 Å². The zero-order valence-corrected chi connectivity index (χ0v) is 11.2. The molecule has 0 fully saturated rings. The molecule has 0 spiro atoms. The molecule has 0 aliphatic carbocycles. The topological polar surface area (TPSA) is 34.9 Å². The summed E-state index contributed by atoms with van der Waals surface area (Å²) < 4.78 is 1.64. The molecule has 20 heavy (non-hydrogen) atoms. The lowest BCUT2D eigenvalue weighted by molar-refractivity contribution is 0.103. The third-order valence-corrected chi connectivity index (χ3v) is 3.32. The number of hydrogen-bond acceptors (Lipinski definition) is 2. The van der Waals surface area contributed by atoms with Crippen molar-refractivity contribution in [2.24, 2.45) is 0 Å². The molecule has 0 aliphatic heterocycles. The Hall–Kier alpha value is -2.68. The number of benzene rings is 2. The normalized spacial score (nSPS) is 10.7. The van der Waals surface area contributed by atoms with E-state index in [9.17, 15) is 4.79 Å². The molecule has 0 amide bonds. The van der Waals surface area contributed by atoms with E-state index in [1.165, 1.54) is 0 Å². The number of rotatable bonds is 3. The maximum atomic E-state index is 12.6. The first-order valence-corrected chi connectivity index (χ1v) is 6.42. The van der Waals surface area contributed by atoms with Gasteiger partial charge < -0.3 is 0 Å². The van der Waals surface area contributed by atoms with Gasteiger partial charge >= 0.3 is 0 Å². The zero-order valence-electron chi connectivity index (χ0n) is 11.2. The molecule has 0 unspecified atom stereocenters. The molecule has 3 rings (SSSR count). The van der Waals surface area contributed by atoms with E-state index in [1.54, 1.807) is 10.9 Å². The van der Waals surface area contributed by atoms with Crippen LogP contribution in [0.25, 0.3) is 17.1 Å². The summed E-state index contributed by atoms with van der Waals surface area (Å²) in [6.07, 6.45) is 1.61. The van der Waals surface area contributed by atoms with E-state index in [-0.39, 0.29) is 5.78 Å². The van der Waals surface area contributed by atoms with Crippen LogP contribution in [0.4, 0.5) is 0 Å². The maximum Gasteiger partial charge on any atom is 0.213 e. The number of carbonyl (C=O) groups is 1. The lowest BCUT2D eigenvalue weighted by atomic mass is 10.0. The van der Waals surface area contributed by atoms with Crippen LogP contribution in [-0.2, 0) is 0 Å². The number of nitrogens with zero attached hydrogens (tertiary/aromatic N) is 2. The highest BCUT2D eigenvalue weighted by atomic mass is 16.1. The van der Waals surface area contributed by atoms with Gasteiger partial charge in [-0.05, 0) is 13.0 Å². The van der Waals surface area contributed by atoms with Crippen LogP contribution >= 0.6 is 0 Å². The molecule has 3 nitrogen and oxygen atoms in total. The van der Waals surface area contributed by atoms with Crippen LogP contribution in [0.1, 0.15) is 21.6 Å². The van der Waals surface area contributed by atoms with Gasteiger partial charge in [0.1, 0.15) is 5.69 Å². The molecular weight excluding hydrogens is 248 g/mol. The Balaban J connectivity index is 2.17. The molecule has 0 saturated heterocycles. The van der Waals surface area contributed by atoms with Crippen LogP contribution in [0, 0.1) is 6.92 Å². The van der Waals surface area contributed by atoms with Gasteiger partial charge in [0.2, 0.25) is 5.78 Å². The summed E-state index contributed by atoms with van der Waals surface area (Å²) in [5.74, 6) is -0.0678. The van der Waals surface area contributed by atoms with E-state index in [2.05, 4.69) is 11.7 Å². The highest BCUT2D eigenvalue weighted by molar-refractivity contribution is 6.15. The van der Waals surface area contributed by atoms with Gasteiger partial charge in [-0.25, -0.2) is 4.68 Å². The van der Waals surface area contributed by atoms with Crippen LogP contribution in [0.15, 0.2) is 55.1 Å². The lowest BCUT2D eigenvalue weighted by Gasteiger charge is -1.99. The molecule has 2 aromatic carbocycles. The van der Waals surface area contributed by atoms with Crippen molar-refractivity contribution in [3.05, 3.63) is 71.9 Å². The standard InChI is InChI=1S/C17H14N2O/c1-3-19-15-7-5-4-6-14(15)16(18-19)17(20)13-10-8-12(2)9-11-13/h3-11H,1H2,2H3. The molecule has 0 saturated carbocycles. The molecule has 1 aromatic heterocycles. The third-order valence-electron chi connectivity index (χ3n) is 3.32. The minimum atomic E-state index is -0.0678. The first kappa shape index (κ1) is 12.4. The van der Waals surface area contributed by atoms with Crippen LogP contribution in [-0.4, -0.2) is 15.6 Å². The summed E-state index contributed by atoms with van der Waals surface area (Å²) in [4.78, 5) is 12.6. The first-order chi connectivity index (χ1) is 9.70. The average molecular weight is 262 g/mol.